The predicted octanol–water partition coefficient (Wildman–Crippen LogP) is 8.62. The number of esters is 2. The van der Waals surface area contributed by atoms with E-state index in [1.54, 1.807) is 0 Å². The molecule has 1 aromatic carbocycles. The van der Waals surface area contributed by atoms with E-state index in [2.05, 4.69) is 20.8 Å². The second kappa shape index (κ2) is 11.0. The average Bonchev–Trinajstić information content (AvgIpc) is 3.39. The summed E-state index contributed by atoms with van der Waals surface area (Å²) in [5, 5.41) is 0. The number of hydrogen-bond acceptors (Lipinski definition) is 4. The van der Waals surface area contributed by atoms with E-state index < -0.39 is 0 Å². The molecule has 230 valence electrons. The maximum absolute atomic E-state index is 13.4. The quantitative estimate of drug-likeness (QED) is 0.330. The Hall–Kier alpha value is -1.84. The van der Waals surface area contributed by atoms with Crippen LogP contribution in [0.4, 0.5) is 0 Å². The Labute approximate surface area is 254 Å². The van der Waals surface area contributed by atoms with Crippen LogP contribution in [0.3, 0.4) is 0 Å². The normalized spacial score (nSPS) is 47.6. The first-order valence-electron chi connectivity index (χ1n) is 17.6. The van der Waals surface area contributed by atoms with Crippen LogP contribution in [0.25, 0.3) is 0 Å². The van der Waals surface area contributed by atoms with E-state index in [-0.39, 0.29) is 35.8 Å². The zero-order valence-electron chi connectivity index (χ0n) is 26.6. The smallest absolute Gasteiger partial charge is 0.309 e. The summed E-state index contributed by atoms with van der Waals surface area (Å²) < 4.78 is 11.9. The van der Waals surface area contributed by atoms with Crippen LogP contribution >= 0.6 is 0 Å². The van der Waals surface area contributed by atoms with Gasteiger partial charge in [0.15, 0.2) is 0 Å². The first-order valence-corrected chi connectivity index (χ1v) is 17.6. The Balaban J connectivity index is 0.942. The molecule has 0 spiro atoms. The van der Waals surface area contributed by atoms with Crippen LogP contribution in [0, 0.1) is 70.0 Å². The van der Waals surface area contributed by atoms with E-state index >= 15 is 0 Å². The molecule has 0 amide bonds. The highest BCUT2D eigenvalue weighted by atomic mass is 16.5. The van der Waals surface area contributed by atoms with Gasteiger partial charge in [-0.2, -0.15) is 0 Å². The van der Waals surface area contributed by atoms with Gasteiger partial charge in [0.2, 0.25) is 0 Å². The summed E-state index contributed by atoms with van der Waals surface area (Å²) >= 11 is 0. The van der Waals surface area contributed by atoms with Gasteiger partial charge < -0.3 is 9.47 Å². The number of rotatable bonds is 5. The van der Waals surface area contributed by atoms with Crippen molar-refractivity contribution in [1.29, 1.82) is 0 Å². The standard InChI is InChI=1S/C38H54O4/c1-23-29(35(39)41-22-25-9-6-5-7-10-25)21-30(23)36(40)42-34-17-20-38(4)31(24(34)2)14-12-28-26-16-19-37(3)18-8-11-32(37)27(26)13-15-33(28)38/h5-7,9-10,23-24,26-34H,8,11-22H2,1-4H3. The van der Waals surface area contributed by atoms with Crippen molar-refractivity contribution >= 4 is 11.9 Å². The van der Waals surface area contributed by atoms with Gasteiger partial charge in [0, 0.05) is 0 Å². The fraction of sp³-hybridized carbons (Fsp3) is 0.789. The molecule has 4 heteroatoms. The highest BCUT2D eigenvalue weighted by molar-refractivity contribution is 5.81. The van der Waals surface area contributed by atoms with Gasteiger partial charge in [0.1, 0.15) is 12.7 Å². The molecule has 0 aliphatic heterocycles. The molecule has 42 heavy (non-hydrogen) atoms. The maximum Gasteiger partial charge on any atom is 0.309 e. The topological polar surface area (TPSA) is 52.6 Å². The van der Waals surface area contributed by atoms with Crippen LogP contribution in [-0.4, -0.2) is 18.0 Å². The number of ether oxygens (including phenoxy) is 2. The van der Waals surface area contributed by atoms with E-state index in [0.717, 1.165) is 41.6 Å². The number of benzene rings is 1. The van der Waals surface area contributed by atoms with Gasteiger partial charge in [0.25, 0.3) is 0 Å². The van der Waals surface area contributed by atoms with Gasteiger partial charge in [-0.15, -0.1) is 0 Å². The highest BCUT2D eigenvalue weighted by Crippen LogP contribution is 2.67. The number of carbonyl (C=O) groups is 2. The molecule has 0 N–H and O–H groups in total. The average molecular weight is 575 g/mol. The zero-order chi connectivity index (χ0) is 29.2. The summed E-state index contributed by atoms with van der Waals surface area (Å²) in [6, 6.07) is 9.79. The minimum absolute atomic E-state index is 0.0206. The van der Waals surface area contributed by atoms with Gasteiger partial charge >= 0.3 is 11.9 Å². The summed E-state index contributed by atoms with van der Waals surface area (Å²) in [6.07, 6.45) is 15.8. The second-order valence-corrected chi connectivity index (χ2v) is 16.3. The molecule has 0 bridgehead atoms. The van der Waals surface area contributed by atoms with E-state index in [9.17, 15) is 9.59 Å². The van der Waals surface area contributed by atoms with Gasteiger partial charge in [-0.3, -0.25) is 9.59 Å². The molecule has 13 unspecified atom stereocenters. The molecule has 0 aromatic heterocycles. The zero-order valence-corrected chi connectivity index (χ0v) is 26.6. The molecule has 0 radical (unpaired) electrons. The van der Waals surface area contributed by atoms with E-state index in [0.29, 0.717) is 35.7 Å². The number of hydrogen-bond donors (Lipinski definition) is 0. The molecule has 1 aromatic rings. The van der Waals surface area contributed by atoms with Crippen molar-refractivity contribution in [2.45, 2.75) is 117 Å². The van der Waals surface area contributed by atoms with Gasteiger partial charge in [0.05, 0.1) is 11.8 Å². The van der Waals surface area contributed by atoms with Crippen molar-refractivity contribution in [3.8, 4) is 0 Å². The van der Waals surface area contributed by atoms with Crippen LogP contribution in [0.15, 0.2) is 30.3 Å². The lowest BCUT2D eigenvalue weighted by Gasteiger charge is -2.63. The maximum atomic E-state index is 13.4. The van der Waals surface area contributed by atoms with Crippen molar-refractivity contribution in [2.75, 3.05) is 0 Å². The lowest BCUT2D eigenvalue weighted by molar-refractivity contribution is -0.187. The largest absolute Gasteiger partial charge is 0.462 e. The lowest BCUT2D eigenvalue weighted by atomic mass is 9.42. The lowest BCUT2D eigenvalue weighted by Crippen LogP contribution is -2.57. The van der Waals surface area contributed by atoms with Gasteiger partial charge in [-0.25, -0.2) is 0 Å². The third-order valence-electron chi connectivity index (χ3n) is 14.7. The summed E-state index contributed by atoms with van der Waals surface area (Å²) in [5.41, 5.74) is 2.03. The molecule has 4 nitrogen and oxygen atoms in total. The fourth-order valence-electron chi connectivity index (χ4n) is 12.2. The van der Waals surface area contributed by atoms with Crippen molar-refractivity contribution in [1.82, 2.24) is 0 Å². The van der Waals surface area contributed by atoms with Gasteiger partial charge in [-0.1, -0.05) is 64.4 Å². The van der Waals surface area contributed by atoms with E-state index in [4.69, 9.17) is 9.47 Å². The number of carbonyl (C=O) groups excluding carboxylic acids is 2. The van der Waals surface area contributed by atoms with Crippen LogP contribution in [0.1, 0.15) is 110 Å². The molecule has 13 atom stereocenters. The molecule has 7 rings (SSSR count). The van der Waals surface area contributed by atoms with Crippen molar-refractivity contribution in [2.24, 2.45) is 70.0 Å². The predicted molar refractivity (Wildman–Crippen MR) is 164 cm³/mol. The summed E-state index contributed by atoms with van der Waals surface area (Å²) in [6.45, 7) is 9.94. The second-order valence-electron chi connectivity index (χ2n) is 16.3. The van der Waals surface area contributed by atoms with E-state index in [1.165, 1.54) is 64.2 Å². The molecule has 6 aliphatic rings. The summed E-state index contributed by atoms with van der Waals surface area (Å²) in [5.74, 6) is 5.15. The fourth-order valence-corrected chi connectivity index (χ4v) is 12.2. The SMILES string of the molecule is CC1C(C(=O)OCc2ccccc2)CC1C(=O)OC1CCC2(C)C(CCC3C4CCC5(C)CCCC5C4CCC32)C1C. The molecule has 6 fully saturated rings. The third kappa shape index (κ3) is 4.68. The third-order valence-corrected chi connectivity index (χ3v) is 14.7. The minimum atomic E-state index is -0.203. The monoisotopic (exact) mass is 574 g/mol. The van der Waals surface area contributed by atoms with E-state index in [1.807, 2.05) is 37.3 Å². The van der Waals surface area contributed by atoms with Crippen LogP contribution in [-0.2, 0) is 25.7 Å². The molecule has 6 saturated carbocycles. The molecular formula is C38H54O4. The van der Waals surface area contributed by atoms with Crippen molar-refractivity contribution in [3.05, 3.63) is 35.9 Å². The summed E-state index contributed by atoms with van der Waals surface area (Å²) in [7, 11) is 0. The Kier molecular flexibility index (Phi) is 7.54. The molecule has 0 saturated heterocycles. The Morgan fingerprint density at radius 1 is 0.738 bits per heavy atom. The van der Waals surface area contributed by atoms with Crippen LogP contribution in [0.5, 0.6) is 0 Å². The summed E-state index contributed by atoms with van der Waals surface area (Å²) in [4.78, 5) is 26.1. The molecular weight excluding hydrogens is 520 g/mol. The minimum Gasteiger partial charge on any atom is -0.462 e. The first-order chi connectivity index (χ1) is 20.2. The van der Waals surface area contributed by atoms with Crippen molar-refractivity contribution < 1.29 is 19.1 Å². The van der Waals surface area contributed by atoms with Crippen molar-refractivity contribution in [3.63, 3.8) is 0 Å². The van der Waals surface area contributed by atoms with Crippen LogP contribution < -0.4 is 0 Å². The Morgan fingerprint density at radius 2 is 1.45 bits per heavy atom. The highest BCUT2D eigenvalue weighted by Gasteiger charge is 2.60. The number of fused-ring (bicyclic) bond motifs is 7. The Bertz CT molecular complexity index is 1160. The molecule has 6 aliphatic carbocycles. The van der Waals surface area contributed by atoms with Crippen LogP contribution in [0.2, 0.25) is 0 Å². The first kappa shape index (κ1) is 28.9. The van der Waals surface area contributed by atoms with Gasteiger partial charge in [-0.05, 0) is 134 Å². The molecule has 0 heterocycles. The Morgan fingerprint density at radius 3 is 2.21 bits per heavy atom.